The van der Waals surface area contributed by atoms with Crippen LogP contribution in [0.4, 0.5) is 10.1 Å². The van der Waals surface area contributed by atoms with Crippen molar-refractivity contribution in [2.24, 2.45) is 11.8 Å². The summed E-state index contributed by atoms with van der Waals surface area (Å²) < 4.78 is 25.1. The van der Waals surface area contributed by atoms with E-state index in [1.54, 1.807) is 0 Å². The third-order valence-electron chi connectivity index (χ3n) is 4.89. The van der Waals surface area contributed by atoms with E-state index in [1.165, 1.54) is 6.07 Å². The quantitative estimate of drug-likeness (QED) is 0.436. The predicted octanol–water partition coefficient (Wildman–Crippen LogP) is 3.58. The van der Waals surface area contributed by atoms with Gasteiger partial charge >= 0.3 is 0 Å². The Morgan fingerprint density at radius 2 is 1.78 bits per heavy atom. The summed E-state index contributed by atoms with van der Waals surface area (Å²) in [6, 6.07) is 2.36. The lowest BCUT2D eigenvalue weighted by Gasteiger charge is -2.19. The third kappa shape index (κ3) is 4.10. The molecule has 1 aromatic rings. The van der Waals surface area contributed by atoms with Crippen molar-refractivity contribution in [3.05, 3.63) is 23.0 Å². The Morgan fingerprint density at radius 3 is 2.41 bits per heavy atom. The van der Waals surface area contributed by atoms with Crippen LogP contribution in [0.2, 0.25) is 5.02 Å². The van der Waals surface area contributed by atoms with Crippen LogP contribution in [-0.2, 0) is 14.3 Å². The van der Waals surface area contributed by atoms with Crippen molar-refractivity contribution in [2.45, 2.75) is 32.6 Å². The second-order valence-corrected chi connectivity index (χ2v) is 6.93. The maximum absolute atomic E-state index is 14.5. The topological polar surface area (TPSA) is 55.8 Å². The van der Waals surface area contributed by atoms with E-state index in [1.807, 2.05) is 6.92 Å². The number of amides is 2. The SMILES string of the molecule is CCOCC#CCOc1cc(N2C(=O)C3CCCCC3C2=O)c(F)cc1Cl. The van der Waals surface area contributed by atoms with E-state index in [0.717, 1.165) is 23.8 Å². The molecule has 7 heteroatoms. The van der Waals surface area contributed by atoms with Gasteiger partial charge in [0.1, 0.15) is 24.8 Å². The number of benzene rings is 1. The lowest BCUT2D eigenvalue weighted by Crippen LogP contribution is -2.31. The van der Waals surface area contributed by atoms with Gasteiger partial charge in [0.15, 0.2) is 0 Å². The highest BCUT2D eigenvalue weighted by molar-refractivity contribution is 6.32. The zero-order valence-corrected chi connectivity index (χ0v) is 15.9. The number of imide groups is 1. The lowest BCUT2D eigenvalue weighted by molar-refractivity contribution is -0.122. The summed E-state index contributed by atoms with van der Waals surface area (Å²) in [5.41, 5.74) is -0.110. The molecule has 2 unspecified atom stereocenters. The van der Waals surface area contributed by atoms with Crippen LogP contribution in [0.15, 0.2) is 12.1 Å². The van der Waals surface area contributed by atoms with Crippen LogP contribution in [0, 0.1) is 29.5 Å². The molecule has 0 aromatic heterocycles. The van der Waals surface area contributed by atoms with Crippen LogP contribution >= 0.6 is 11.6 Å². The molecule has 3 rings (SSSR count). The number of nitrogens with zero attached hydrogens (tertiary/aromatic N) is 1. The second-order valence-electron chi connectivity index (χ2n) is 6.52. The van der Waals surface area contributed by atoms with Crippen molar-refractivity contribution in [3.8, 4) is 17.6 Å². The van der Waals surface area contributed by atoms with Gasteiger partial charge in [0.2, 0.25) is 11.8 Å². The number of rotatable bonds is 5. The highest BCUT2D eigenvalue weighted by Crippen LogP contribution is 2.42. The predicted molar refractivity (Wildman–Crippen MR) is 99.1 cm³/mol. The Hall–Kier alpha value is -2.10. The van der Waals surface area contributed by atoms with Gasteiger partial charge in [-0.05, 0) is 25.8 Å². The number of carbonyl (C=O) groups is 2. The van der Waals surface area contributed by atoms with Crippen LogP contribution in [0.25, 0.3) is 0 Å². The van der Waals surface area contributed by atoms with Crippen LogP contribution < -0.4 is 9.64 Å². The van der Waals surface area contributed by atoms with E-state index < -0.39 is 5.82 Å². The normalized spacial score (nSPS) is 21.7. The molecule has 0 spiro atoms. The molecule has 1 aromatic carbocycles. The smallest absolute Gasteiger partial charge is 0.237 e. The van der Waals surface area contributed by atoms with Gasteiger partial charge in [0.05, 0.1) is 22.5 Å². The molecule has 1 aliphatic carbocycles. The maximum Gasteiger partial charge on any atom is 0.237 e. The van der Waals surface area contributed by atoms with Gasteiger partial charge in [0.25, 0.3) is 0 Å². The largest absolute Gasteiger partial charge is 0.479 e. The van der Waals surface area contributed by atoms with Crippen LogP contribution in [0.1, 0.15) is 32.6 Å². The second kappa shape index (κ2) is 8.73. The Labute approximate surface area is 162 Å². The average molecular weight is 394 g/mol. The number of hydrogen-bond acceptors (Lipinski definition) is 4. The van der Waals surface area contributed by atoms with Gasteiger partial charge in [-0.1, -0.05) is 36.3 Å². The van der Waals surface area contributed by atoms with Crippen LogP contribution in [-0.4, -0.2) is 31.6 Å². The standard InChI is InChI=1S/C20H21ClFNO4/c1-2-26-9-5-6-10-27-18-12-17(16(22)11-15(18)21)23-19(24)13-7-3-4-8-14(13)20(23)25/h11-14H,2-4,7-10H2,1H3. The number of anilines is 1. The van der Waals surface area contributed by atoms with E-state index in [2.05, 4.69) is 11.8 Å². The first-order chi connectivity index (χ1) is 13.0. The van der Waals surface area contributed by atoms with E-state index in [4.69, 9.17) is 21.1 Å². The monoisotopic (exact) mass is 393 g/mol. The Bertz CT molecular complexity index is 777. The van der Waals surface area contributed by atoms with Crippen molar-refractivity contribution >= 4 is 29.1 Å². The maximum atomic E-state index is 14.5. The number of ether oxygens (including phenoxy) is 2. The molecule has 2 fully saturated rings. The Kier molecular flexibility index (Phi) is 6.35. The van der Waals surface area contributed by atoms with E-state index in [-0.39, 0.29) is 46.7 Å². The summed E-state index contributed by atoms with van der Waals surface area (Å²) >= 11 is 6.04. The van der Waals surface area contributed by atoms with Crippen LogP contribution in [0.3, 0.4) is 0 Å². The molecule has 144 valence electrons. The van der Waals surface area contributed by atoms with Gasteiger partial charge in [-0.2, -0.15) is 0 Å². The summed E-state index contributed by atoms with van der Waals surface area (Å²) in [5, 5.41) is 0.0550. The van der Waals surface area contributed by atoms with Gasteiger partial charge in [-0.15, -0.1) is 0 Å². The summed E-state index contributed by atoms with van der Waals surface area (Å²) in [6.07, 6.45) is 3.15. The van der Waals surface area contributed by atoms with E-state index in [0.29, 0.717) is 26.1 Å². The number of hydrogen-bond donors (Lipinski definition) is 0. The van der Waals surface area contributed by atoms with Crippen molar-refractivity contribution in [1.82, 2.24) is 0 Å². The minimum atomic E-state index is -0.727. The Balaban J connectivity index is 1.80. The average Bonchev–Trinajstić information content (AvgIpc) is 2.91. The number of carbonyl (C=O) groups excluding carboxylic acids is 2. The minimum absolute atomic E-state index is 0.0327. The molecule has 2 amide bonds. The fraction of sp³-hybridized carbons (Fsp3) is 0.500. The van der Waals surface area contributed by atoms with Crippen molar-refractivity contribution < 1.29 is 23.5 Å². The zero-order valence-electron chi connectivity index (χ0n) is 15.1. The fourth-order valence-electron chi connectivity index (χ4n) is 3.57. The molecule has 1 aliphatic heterocycles. The summed E-state index contributed by atoms with van der Waals surface area (Å²) in [7, 11) is 0. The molecule has 1 heterocycles. The van der Waals surface area contributed by atoms with Crippen molar-refractivity contribution in [2.75, 3.05) is 24.7 Å². The first-order valence-electron chi connectivity index (χ1n) is 9.07. The van der Waals surface area contributed by atoms with Crippen molar-refractivity contribution in [1.29, 1.82) is 0 Å². The van der Waals surface area contributed by atoms with Crippen molar-refractivity contribution in [3.63, 3.8) is 0 Å². The summed E-state index contributed by atoms with van der Waals surface area (Å²) in [5.74, 6) is 3.60. The summed E-state index contributed by atoms with van der Waals surface area (Å²) in [6.45, 7) is 2.77. The molecule has 1 saturated heterocycles. The van der Waals surface area contributed by atoms with E-state index >= 15 is 0 Å². The molecule has 0 radical (unpaired) electrons. The van der Waals surface area contributed by atoms with Gasteiger partial charge < -0.3 is 9.47 Å². The van der Waals surface area contributed by atoms with Crippen LogP contribution in [0.5, 0.6) is 5.75 Å². The first kappa shape index (κ1) is 19.7. The molecular formula is C20H21ClFNO4. The highest BCUT2D eigenvalue weighted by Gasteiger charge is 2.49. The Morgan fingerprint density at radius 1 is 1.15 bits per heavy atom. The third-order valence-corrected chi connectivity index (χ3v) is 5.18. The first-order valence-corrected chi connectivity index (χ1v) is 9.45. The van der Waals surface area contributed by atoms with E-state index in [9.17, 15) is 14.0 Å². The zero-order chi connectivity index (χ0) is 19.4. The molecular weight excluding hydrogens is 373 g/mol. The molecule has 0 N–H and O–H groups in total. The number of halogens is 2. The minimum Gasteiger partial charge on any atom is -0.479 e. The fourth-order valence-corrected chi connectivity index (χ4v) is 3.77. The van der Waals surface area contributed by atoms with Gasteiger partial charge in [-0.25, -0.2) is 9.29 Å². The van der Waals surface area contributed by atoms with Gasteiger partial charge in [-0.3, -0.25) is 9.59 Å². The molecule has 2 aliphatic rings. The molecule has 5 nitrogen and oxygen atoms in total. The molecule has 27 heavy (non-hydrogen) atoms. The summed E-state index contributed by atoms with van der Waals surface area (Å²) in [4.78, 5) is 26.3. The lowest BCUT2D eigenvalue weighted by atomic mass is 9.81. The highest BCUT2D eigenvalue weighted by atomic mass is 35.5. The molecule has 1 saturated carbocycles. The number of fused-ring (bicyclic) bond motifs is 1. The van der Waals surface area contributed by atoms with Gasteiger partial charge in [0, 0.05) is 12.7 Å². The molecule has 0 bridgehead atoms. The molecule has 2 atom stereocenters.